The first-order valence-electron chi connectivity index (χ1n) is 2.39. The molecule has 0 aliphatic carbocycles. The fourth-order valence-corrected chi connectivity index (χ4v) is 0.295. The summed E-state index contributed by atoms with van der Waals surface area (Å²) in [6, 6.07) is 0. The van der Waals surface area contributed by atoms with E-state index in [1.807, 2.05) is 0 Å². The molecule has 0 saturated carbocycles. The van der Waals surface area contributed by atoms with Gasteiger partial charge in [0.1, 0.15) is 0 Å². The minimum absolute atomic E-state index is 0. The second kappa shape index (κ2) is 8.22. The van der Waals surface area contributed by atoms with Crippen molar-refractivity contribution in [2.24, 2.45) is 0 Å². The zero-order valence-corrected chi connectivity index (χ0v) is 4.94. The molecule has 7 heteroatoms. The van der Waals surface area contributed by atoms with Crippen molar-refractivity contribution in [2.45, 2.75) is 12.8 Å². The van der Waals surface area contributed by atoms with Gasteiger partial charge in [0.2, 0.25) is 0 Å². The third-order valence-corrected chi connectivity index (χ3v) is 0.737. The van der Waals surface area contributed by atoms with Crippen molar-refractivity contribution in [2.75, 3.05) is 0 Å². The molecule has 0 aromatic carbocycles. The Bertz CT molecular complexity index is 119. The molecule has 0 atom stereocenters. The van der Waals surface area contributed by atoms with Crippen LogP contribution in [-0.4, -0.2) is 60.2 Å². The Kier molecular flexibility index (Phi) is 10.2. The van der Waals surface area contributed by atoms with Crippen LogP contribution in [0.1, 0.15) is 12.8 Å². The molecule has 0 aromatic heterocycles. The van der Waals surface area contributed by atoms with Crippen molar-refractivity contribution in [3.63, 3.8) is 0 Å². The van der Waals surface area contributed by atoms with Crippen LogP contribution in [0.25, 0.3) is 0 Å². The Hall–Kier alpha value is 0.120. The number of rotatable bonds is 3. The van der Waals surface area contributed by atoms with Crippen LogP contribution in [0.3, 0.4) is 0 Å². The van der Waals surface area contributed by atoms with Gasteiger partial charge in [0, 0.05) is 0 Å². The Labute approximate surface area is 91.9 Å². The van der Waals surface area contributed by atoms with E-state index in [1.54, 1.807) is 0 Å². The van der Waals surface area contributed by atoms with Crippen LogP contribution < -0.4 is 0 Å². The maximum atomic E-state index is 10.1. The van der Waals surface area contributed by atoms with Gasteiger partial charge in [-0.2, -0.15) is 10.5 Å². The molecule has 2 N–H and O–H groups in total. The van der Waals surface area contributed by atoms with Crippen LogP contribution >= 0.6 is 0 Å². The molecule has 0 aromatic rings. The van der Waals surface area contributed by atoms with Crippen molar-refractivity contribution < 1.29 is 29.9 Å². The van der Waals surface area contributed by atoms with Crippen LogP contribution in [0.4, 0.5) is 0 Å². The molecule has 0 radical (unpaired) electrons. The zero-order valence-electron chi connectivity index (χ0n) is 4.94. The van der Waals surface area contributed by atoms with Gasteiger partial charge in [0.15, 0.2) is 0 Å². The Morgan fingerprint density at radius 2 is 1.27 bits per heavy atom. The summed E-state index contributed by atoms with van der Waals surface area (Å²) >= 11 is 0. The summed E-state index contributed by atoms with van der Waals surface area (Å²) in [5.74, 6) is -1.91. The van der Waals surface area contributed by atoms with Crippen LogP contribution in [0.2, 0.25) is 0 Å². The van der Waals surface area contributed by atoms with Crippen molar-refractivity contribution in [1.29, 1.82) is 0 Å². The Morgan fingerprint density at radius 3 is 1.45 bits per heavy atom. The van der Waals surface area contributed by atoms with Crippen molar-refractivity contribution in [3.8, 4) is 0 Å². The molecule has 0 saturated heterocycles. The topological polar surface area (TPSA) is 93.1 Å². The monoisotopic (exact) mass is 192 g/mol. The number of carbonyl (C=O) groups is 2. The van der Waals surface area contributed by atoms with Gasteiger partial charge >= 0.3 is 49.7 Å². The van der Waals surface area contributed by atoms with E-state index in [1.165, 1.54) is 0 Å². The van der Waals surface area contributed by atoms with Gasteiger partial charge in [-0.05, 0) is 0 Å². The molecule has 0 aliphatic rings. The molecule has 0 heterocycles. The molecule has 0 aliphatic heterocycles. The zero-order chi connectivity index (χ0) is 7.98. The fraction of sp³-hybridized carbons (Fsp3) is 0.500. The average Bonchev–Trinajstić information content (AvgIpc) is 1.99. The van der Waals surface area contributed by atoms with Crippen molar-refractivity contribution in [3.05, 3.63) is 0 Å². The van der Waals surface area contributed by atoms with E-state index in [2.05, 4.69) is 9.78 Å². The maximum absolute atomic E-state index is 10.1. The van der Waals surface area contributed by atoms with E-state index in [0.29, 0.717) is 0 Å². The van der Waals surface area contributed by atoms with Gasteiger partial charge in [-0.15, -0.1) is 0 Å². The van der Waals surface area contributed by atoms with E-state index >= 15 is 0 Å². The van der Waals surface area contributed by atoms with Crippen molar-refractivity contribution >= 4 is 49.7 Å². The number of hydrogen-bond acceptors (Lipinski definition) is 6. The standard InChI is InChI=1S/C4H6O6.Ca.2H/c5-3(9-7)1-2-4(6)10-8;;;/h7-8H,1-2H2;;;. The summed E-state index contributed by atoms with van der Waals surface area (Å²) in [7, 11) is 0. The van der Waals surface area contributed by atoms with Gasteiger partial charge < -0.3 is 9.78 Å². The van der Waals surface area contributed by atoms with Gasteiger partial charge in [-0.25, -0.2) is 9.59 Å². The summed E-state index contributed by atoms with van der Waals surface area (Å²) < 4.78 is 0. The average molecular weight is 192 g/mol. The summed E-state index contributed by atoms with van der Waals surface area (Å²) in [6.45, 7) is 0. The third-order valence-electron chi connectivity index (χ3n) is 0.737. The quantitative estimate of drug-likeness (QED) is 0.334. The first kappa shape index (κ1) is 13.7. The summed E-state index contributed by atoms with van der Waals surface area (Å²) in [5, 5.41) is 15.3. The molecule has 0 unspecified atom stereocenters. The molecular formula is C4H8CaO6. The summed E-state index contributed by atoms with van der Waals surface area (Å²) in [6.07, 6.45) is -0.647. The molecule has 0 bridgehead atoms. The Balaban J connectivity index is 0. The molecular weight excluding hydrogens is 184 g/mol. The third kappa shape index (κ3) is 8.02. The molecule has 6 nitrogen and oxygen atoms in total. The van der Waals surface area contributed by atoms with Gasteiger partial charge in [0.25, 0.3) is 0 Å². The molecule has 0 rings (SSSR count). The SMILES string of the molecule is O=C(CCC(=O)OO)OO.[CaH2]. The van der Waals surface area contributed by atoms with E-state index in [-0.39, 0.29) is 50.6 Å². The second-order valence-electron chi connectivity index (χ2n) is 1.43. The Morgan fingerprint density at radius 1 is 1.00 bits per heavy atom. The summed E-state index contributed by atoms with van der Waals surface area (Å²) in [4.78, 5) is 26.6. The molecule has 0 amide bonds. The van der Waals surface area contributed by atoms with Crippen LogP contribution in [0, 0.1) is 0 Å². The molecule has 11 heavy (non-hydrogen) atoms. The van der Waals surface area contributed by atoms with Crippen LogP contribution in [-0.2, 0) is 19.4 Å². The van der Waals surface area contributed by atoms with E-state index < -0.39 is 11.9 Å². The first-order chi connectivity index (χ1) is 4.70. The normalized spacial score (nSPS) is 7.82. The van der Waals surface area contributed by atoms with E-state index in [4.69, 9.17) is 10.5 Å². The van der Waals surface area contributed by atoms with Crippen LogP contribution in [0.5, 0.6) is 0 Å². The van der Waals surface area contributed by atoms with Crippen molar-refractivity contribution in [1.82, 2.24) is 0 Å². The number of carbonyl (C=O) groups excluding carboxylic acids is 2. The van der Waals surface area contributed by atoms with Gasteiger partial charge in [-0.3, -0.25) is 0 Å². The second-order valence-corrected chi connectivity index (χ2v) is 1.43. The van der Waals surface area contributed by atoms with Gasteiger partial charge in [-0.1, -0.05) is 0 Å². The van der Waals surface area contributed by atoms with Crippen LogP contribution in [0.15, 0.2) is 0 Å². The van der Waals surface area contributed by atoms with Gasteiger partial charge in [0.05, 0.1) is 12.8 Å². The fourth-order valence-electron chi connectivity index (χ4n) is 0.295. The molecule has 0 fully saturated rings. The predicted molar refractivity (Wildman–Crippen MR) is 35.2 cm³/mol. The minimum atomic E-state index is -0.953. The predicted octanol–water partition coefficient (Wildman–Crippen LogP) is -1.12. The number of hydrogen-bond donors (Lipinski definition) is 2. The molecule has 62 valence electrons. The molecule has 0 spiro atoms. The first-order valence-corrected chi connectivity index (χ1v) is 2.39. The van der Waals surface area contributed by atoms with E-state index in [9.17, 15) is 9.59 Å². The summed E-state index contributed by atoms with van der Waals surface area (Å²) in [5.41, 5.74) is 0. The van der Waals surface area contributed by atoms with E-state index in [0.717, 1.165) is 0 Å².